The van der Waals surface area contributed by atoms with Crippen molar-refractivity contribution in [3.63, 3.8) is 0 Å². The Morgan fingerprint density at radius 3 is 2.70 bits per heavy atom. The normalized spacial score (nSPS) is 16.7. The van der Waals surface area contributed by atoms with Gasteiger partial charge in [-0.25, -0.2) is 10.2 Å². The number of carbonyl (C=O) groups excluding carboxylic acids is 3. The highest BCUT2D eigenvalue weighted by atomic mass is 79.9. The highest BCUT2D eigenvalue weighted by molar-refractivity contribution is 9.10. The molecule has 1 aromatic rings. The largest absolute Gasteiger partial charge is 0.325 e. The molecular formula is C15H17BrN4O3. The molecule has 0 unspecified atom stereocenters. The fourth-order valence-corrected chi connectivity index (χ4v) is 2.43. The van der Waals surface area contributed by atoms with E-state index in [1.807, 2.05) is 24.3 Å². The molecule has 2 rings (SSSR count). The molecule has 1 aliphatic heterocycles. The minimum Gasteiger partial charge on any atom is -0.324 e. The minimum absolute atomic E-state index is 0.0114. The number of hydrazone groups is 1. The number of carbonyl (C=O) groups is 3. The summed E-state index contributed by atoms with van der Waals surface area (Å²) in [7, 11) is 0. The van der Waals surface area contributed by atoms with E-state index in [1.165, 1.54) is 6.21 Å². The maximum Gasteiger partial charge on any atom is 0.325 e. The van der Waals surface area contributed by atoms with Crippen LogP contribution in [0.3, 0.4) is 0 Å². The summed E-state index contributed by atoms with van der Waals surface area (Å²) in [6.45, 7) is 3.26. The molecule has 1 heterocycles. The average molecular weight is 381 g/mol. The van der Waals surface area contributed by atoms with E-state index < -0.39 is 11.6 Å². The van der Waals surface area contributed by atoms with Crippen LogP contribution in [0.1, 0.15) is 25.8 Å². The van der Waals surface area contributed by atoms with E-state index in [-0.39, 0.29) is 24.8 Å². The van der Waals surface area contributed by atoms with Crippen LogP contribution in [0.15, 0.2) is 33.8 Å². The molecule has 1 aromatic carbocycles. The van der Waals surface area contributed by atoms with Crippen molar-refractivity contribution in [3.8, 4) is 0 Å². The highest BCUT2D eigenvalue weighted by Crippen LogP contribution is 2.16. The monoisotopic (exact) mass is 380 g/mol. The standard InChI is InChI=1S/C15H17BrN4O3/c1-15(2)13(22)20(14(23)18-15)8-7-12(21)19-17-9-10-5-3-4-6-11(10)16/h3-6,9H,7-8H2,1-2H3,(H,18,23)(H,19,21)/b17-9-. The second-order valence-corrected chi connectivity index (χ2v) is 6.43. The van der Waals surface area contributed by atoms with E-state index in [2.05, 4.69) is 31.8 Å². The lowest BCUT2D eigenvalue weighted by atomic mass is 10.1. The van der Waals surface area contributed by atoms with Crippen LogP contribution < -0.4 is 10.7 Å². The highest BCUT2D eigenvalue weighted by Gasteiger charge is 2.43. The van der Waals surface area contributed by atoms with Gasteiger partial charge in [-0.3, -0.25) is 14.5 Å². The summed E-state index contributed by atoms with van der Waals surface area (Å²) in [5.41, 5.74) is 2.27. The van der Waals surface area contributed by atoms with E-state index >= 15 is 0 Å². The van der Waals surface area contributed by atoms with Crippen LogP contribution in [0.4, 0.5) is 4.79 Å². The summed E-state index contributed by atoms with van der Waals surface area (Å²) < 4.78 is 0.861. The maximum atomic E-state index is 12.0. The van der Waals surface area contributed by atoms with Crippen LogP contribution in [0.2, 0.25) is 0 Å². The predicted octanol–water partition coefficient (Wildman–Crippen LogP) is 1.62. The first-order chi connectivity index (χ1) is 10.8. The lowest BCUT2D eigenvalue weighted by molar-refractivity contribution is -0.130. The number of urea groups is 1. The Hall–Kier alpha value is -2.22. The Balaban J connectivity index is 1.83. The topological polar surface area (TPSA) is 90.9 Å². The van der Waals surface area contributed by atoms with Gasteiger partial charge in [0.25, 0.3) is 5.91 Å². The maximum absolute atomic E-state index is 12.0. The van der Waals surface area contributed by atoms with Gasteiger partial charge >= 0.3 is 6.03 Å². The van der Waals surface area contributed by atoms with Crippen molar-refractivity contribution >= 4 is 40.0 Å². The molecule has 8 heteroatoms. The summed E-state index contributed by atoms with van der Waals surface area (Å²) in [5, 5.41) is 6.41. The van der Waals surface area contributed by atoms with Crippen molar-refractivity contribution in [3.05, 3.63) is 34.3 Å². The first kappa shape index (κ1) is 17.1. The molecule has 0 aromatic heterocycles. The lowest BCUT2D eigenvalue weighted by Gasteiger charge is -2.15. The predicted molar refractivity (Wildman–Crippen MR) is 88.8 cm³/mol. The van der Waals surface area contributed by atoms with Gasteiger partial charge in [0.1, 0.15) is 5.54 Å². The molecule has 0 radical (unpaired) electrons. The Morgan fingerprint density at radius 2 is 2.09 bits per heavy atom. The number of halogens is 1. The minimum atomic E-state index is -0.925. The molecule has 0 atom stereocenters. The third-order valence-corrected chi connectivity index (χ3v) is 4.03. The molecule has 2 N–H and O–H groups in total. The fourth-order valence-electron chi connectivity index (χ4n) is 2.04. The third-order valence-electron chi connectivity index (χ3n) is 3.30. The number of rotatable bonds is 5. The van der Waals surface area contributed by atoms with Crippen molar-refractivity contribution in [2.24, 2.45) is 5.10 Å². The van der Waals surface area contributed by atoms with E-state index in [9.17, 15) is 14.4 Å². The van der Waals surface area contributed by atoms with Gasteiger partial charge in [-0.1, -0.05) is 34.1 Å². The number of hydrogen-bond acceptors (Lipinski definition) is 4. The van der Waals surface area contributed by atoms with Crippen molar-refractivity contribution in [1.29, 1.82) is 0 Å². The van der Waals surface area contributed by atoms with Crippen LogP contribution >= 0.6 is 15.9 Å². The lowest BCUT2D eigenvalue weighted by Crippen LogP contribution is -2.40. The summed E-state index contributed by atoms with van der Waals surface area (Å²) in [6.07, 6.45) is 1.50. The number of nitrogens with zero attached hydrogens (tertiary/aromatic N) is 2. The van der Waals surface area contributed by atoms with Crippen LogP contribution in [-0.4, -0.2) is 41.0 Å². The molecule has 0 bridgehead atoms. The molecule has 4 amide bonds. The Bertz CT molecular complexity index is 672. The molecule has 1 fully saturated rings. The average Bonchev–Trinajstić information content (AvgIpc) is 2.67. The molecule has 1 saturated heterocycles. The molecule has 7 nitrogen and oxygen atoms in total. The molecular weight excluding hydrogens is 364 g/mol. The van der Waals surface area contributed by atoms with Crippen LogP contribution in [0.5, 0.6) is 0 Å². The van der Waals surface area contributed by atoms with Crippen molar-refractivity contribution in [1.82, 2.24) is 15.6 Å². The first-order valence-electron chi connectivity index (χ1n) is 7.02. The summed E-state index contributed by atoms with van der Waals surface area (Å²) >= 11 is 3.37. The van der Waals surface area contributed by atoms with Crippen molar-refractivity contribution < 1.29 is 14.4 Å². The fraction of sp³-hybridized carbons (Fsp3) is 0.333. The number of imide groups is 1. The van der Waals surface area contributed by atoms with Gasteiger partial charge in [0, 0.05) is 23.0 Å². The number of nitrogens with one attached hydrogen (secondary N) is 2. The zero-order valence-electron chi connectivity index (χ0n) is 12.8. The molecule has 0 saturated carbocycles. The van der Waals surface area contributed by atoms with E-state index in [4.69, 9.17) is 0 Å². The second-order valence-electron chi connectivity index (χ2n) is 5.58. The van der Waals surface area contributed by atoms with E-state index in [0.29, 0.717) is 0 Å². The first-order valence-corrected chi connectivity index (χ1v) is 7.81. The molecule has 23 heavy (non-hydrogen) atoms. The summed E-state index contributed by atoms with van der Waals surface area (Å²) in [4.78, 5) is 36.4. The SMILES string of the molecule is CC1(C)NC(=O)N(CCC(=O)N/N=C\c2ccccc2Br)C1=O. The Labute approximate surface area is 142 Å². The zero-order valence-corrected chi connectivity index (χ0v) is 14.4. The van der Waals surface area contributed by atoms with Crippen molar-refractivity contribution in [2.75, 3.05) is 6.54 Å². The van der Waals surface area contributed by atoms with Gasteiger partial charge in [-0.05, 0) is 19.9 Å². The summed E-state index contributed by atoms with van der Waals surface area (Å²) in [6, 6.07) is 6.95. The van der Waals surface area contributed by atoms with Crippen molar-refractivity contribution in [2.45, 2.75) is 25.8 Å². The summed E-state index contributed by atoms with van der Waals surface area (Å²) in [5.74, 6) is -0.717. The number of benzene rings is 1. The van der Waals surface area contributed by atoms with Crippen LogP contribution in [-0.2, 0) is 9.59 Å². The van der Waals surface area contributed by atoms with E-state index in [0.717, 1.165) is 14.9 Å². The van der Waals surface area contributed by atoms with Gasteiger partial charge in [-0.15, -0.1) is 0 Å². The van der Waals surface area contributed by atoms with Gasteiger partial charge in [0.2, 0.25) is 5.91 Å². The van der Waals surface area contributed by atoms with E-state index in [1.54, 1.807) is 13.8 Å². The second kappa shape index (κ2) is 6.91. The quantitative estimate of drug-likeness (QED) is 0.461. The molecule has 0 spiro atoms. The van der Waals surface area contributed by atoms with Gasteiger partial charge in [-0.2, -0.15) is 5.10 Å². The number of amides is 4. The molecule has 122 valence electrons. The smallest absolute Gasteiger partial charge is 0.324 e. The number of hydrogen-bond donors (Lipinski definition) is 2. The molecule has 1 aliphatic rings. The Morgan fingerprint density at radius 1 is 1.39 bits per heavy atom. The van der Waals surface area contributed by atoms with Gasteiger partial charge in [0.05, 0.1) is 6.21 Å². The zero-order chi connectivity index (χ0) is 17.0. The third kappa shape index (κ3) is 4.16. The Kier molecular flexibility index (Phi) is 5.15. The van der Waals surface area contributed by atoms with Gasteiger partial charge in [0.15, 0.2) is 0 Å². The van der Waals surface area contributed by atoms with Crippen LogP contribution in [0, 0.1) is 0 Å². The van der Waals surface area contributed by atoms with Crippen LogP contribution in [0.25, 0.3) is 0 Å². The van der Waals surface area contributed by atoms with Gasteiger partial charge < -0.3 is 5.32 Å². The molecule has 0 aliphatic carbocycles.